The maximum atomic E-state index is 13.0. The molecule has 14 heavy (non-hydrogen) atoms. The molecule has 0 atom stereocenters. The minimum atomic E-state index is -0.248. The summed E-state index contributed by atoms with van der Waals surface area (Å²) in [6, 6.07) is 1.60. The Morgan fingerprint density at radius 3 is 2.29 bits per heavy atom. The lowest BCUT2D eigenvalue weighted by atomic mass is 9.85. The van der Waals surface area contributed by atoms with E-state index in [0.717, 1.165) is 11.3 Å². The van der Waals surface area contributed by atoms with Gasteiger partial charge in [-0.25, -0.2) is 4.39 Å². The first kappa shape index (κ1) is 11.2. The smallest absolute Gasteiger partial charge is 0.141 e. The quantitative estimate of drug-likeness (QED) is 0.666. The molecule has 0 amide bonds. The van der Waals surface area contributed by atoms with Crippen LogP contribution in [0.2, 0.25) is 0 Å². The first-order chi connectivity index (χ1) is 6.32. The van der Waals surface area contributed by atoms with Gasteiger partial charge in [-0.15, -0.1) is 0 Å². The molecule has 1 rings (SSSR count). The SMILES string of the molecule is CC(C)c1cc(F)cnc1C(C)(C)C. The summed E-state index contributed by atoms with van der Waals surface area (Å²) in [7, 11) is 0. The fraction of sp³-hybridized carbons (Fsp3) is 0.583. The first-order valence-corrected chi connectivity index (χ1v) is 4.98. The van der Waals surface area contributed by atoms with Crippen molar-refractivity contribution in [2.75, 3.05) is 0 Å². The standard InChI is InChI=1S/C12H18FN/c1-8(2)10-6-9(13)7-14-11(10)12(3,4)5/h6-8H,1-5H3. The van der Waals surface area contributed by atoms with Crippen LogP contribution < -0.4 is 0 Å². The van der Waals surface area contributed by atoms with Crippen molar-refractivity contribution in [3.05, 3.63) is 29.3 Å². The van der Waals surface area contributed by atoms with Crippen LogP contribution in [0.15, 0.2) is 12.3 Å². The zero-order valence-corrected chi connectivity index (χ0v) is 9.56. The summed E-state index contributed by atoms with van der Waals surface area (Å²) in [5, 5.41) is 0. The Morgan fingerprint density at radius 1 is 1.29 bits per heavy atom. The lowest BCUT2D eigenvalue weighted by Crippen LogP contribution is -2.17. The molecule has 78 valence electrons. The van der Waals surface area contributed by atoms with E-state index in [9.17, 15) is 4.39 Å². The maximum Gasteiger partial charge on any atom is 0.141 e. The lowest BCUT2D eigenvalue weighted by molar-refractivity contribution is 0.542. The number of aromatic nitrogens is 1. The van der Waals surface area contributed by atoms with Crippen molar-refractivity contribution in [2.45, 2.75) is 46.0 Å². The number of halogens is 1. The van der Waals surface area contributed by atoms with Crippen molar-refractivity contribution in [1.82, 2.24) is 4.98 Å². The second-order valence-corrected chi connectivity index (χ2v) is 5.00. The van der Waals surface area contributed by atoms with E-state index in [-0.39, 0.29) is 11.2 Å². The summed E-state index contributed by atoms with van der Waals surface area (Å²) >= 11 is 0. The summed E-state index contributed by atoms with van der Waals surface area (Å²) in [4.78, 5) is 4.20. The lowest BCUT2D eigenvalue weighted by Gasteiger charge is -2.23. The molecule has 2 heteroatoms. The molecule has 0 bridgehead atoms. The van der Waals surface area contributed by atoms with Crippen molar-refractivity contribution < 1.29 is 4.39 Å². The number of nitrogens with zero attached hydrogens (tertiary/aromatic N) is 1. The Bertz CT molecular complexity index is 324. The summed E-state index contributed by atoms with van der Waals surface area (Å²) in [6.45, 7) is 10.4. The highest BCUT2D eigenvalue weighted by Gasteiger charge is 2.21. The van der Waals surface area contributed by atoms with E-state index in [1.165, 1.54) is 6.20 Å². The Morgan fingerprint density at radius 2 is 1.86 bits per heavy atom. The molecule has 0 fully saturated rings. The van der Waals surface area contributed by atoms with Gasteiger partial charge in [0.1, 0.15) is 5.82 Å². The molecule has 0 saturated carbocycles. The maximum absolute atomic E-state index is 13.0. The van der Waals surface area contributed by atoms with Crippen LogP contribution in [0.3, 0.4) is 0 Å². The van der Waals surface area contributed by atoms with Crippen LogP contribution in [-0.2, 0) is 5.41 Å². The molecule has 1 aromatic heterocycles. The molecule has 0 unspecified atom stereocenters. The van der Waals surface area contributed by atoms with Crippen LogP contribution in [0.4, 0.5) is 4.39 Å². The molecule has 0 N–H and O–H groups in total. The number of hydrogen-bond donors (Lipinski definition) is 0. The highest BCUT2D eigenvalue weighted by atomic mass is 19.1. The van der Waals surface area contributed by atoms with Gasteiger partial charge < -0.3 is 0 Å². The van der Waals surface area contributed by atoms with Gasteiger partial charge in [-0.1, -0.05) is 34.6 Å². The summed E-state index contributed by atoms with van der Waals surface area (Å²) in [5.41, 5.74) is 1.99. The van der Waals surface area contributed by atoms with Gasteiger partial charge in [-0.05, 0) is 17.5 Å². The van der Waals surface area contributed by atoms with Crippen molar-refractivity contribution in [2.24, 2.45) is 0 Å². The molecule has 0 aliphatic carbocycles. The number of pyridine rings is 1. The molecule has 1 aromatic rings. The van der Waals surface area contributed by atoms with Gasteiger partial charge in [-0.3, -0.25) is 4.98 Å². The van der Waals surface area contributed by atoms with Gasteiger partial charge in [0, 0.05) is 11.1 Å². The van der Waals surface area contributed by atoms with E-state index in [1.54, 1.807) is 6.07 Å². The molecular weight excluding hydrogens is 177 g/mol. The Hall–Kier alpha value is -0.920. The third kappa shape index (κ3) is 2.31. The van der Waals surface area contributed by atoms with E-state index >= 15 is 0 Å². The van der Waals surface area contributed by atoms with Crippen molar-refractivity contribution >= 4 is 0 Å². The Kier molecular flexibility index (Phi) is 2.93. The highest BCUT2D eigenvalue weighted by molar-refractivity contribution is 5.29. The molecule has 0 aromatic carbocycles. The highest BCUT2D eigenvalue weighted by Crippen LogP contribution is 2.28. The molecule has 1 heterocycles. The minimum Gasteiger partial charge on any atom is -0.257 e. The predicted octanol–water partition coefficient (Wildman–Crippen LogP) is 3.64. The molecule has 0 spiro atoms. The molecule has 0 radical (unpaired) electrons. The third-order valence-electron chi connectivity index (χ3n) is 2.22. The minimum absolute atomic E-state index is 0.0205. The first-order valence-electron chi connectivity index (χ1n) is 4.98. The van der Waals surface area contributed by atoms with Crippen LogP contribution in [0.25, 0.3) is 0 Å². The average molecular weight is 195 g/mol. The number of hydrogen-bond acceptors (Lipinski definition) is 1. The number of rotatable bonds is 1. The van der Waals surface area contributed by atoms with E-state index < -0.39 is 0 Å². The van der Waals surface area contributed by atoms with Gasteiger partial charge >= 0.3 is 0 Å². The molecule has 1 nitrogen and oxygen atoms in total. The van der Waals surface area contributed by atoms with Gasteiger partial charge in [0.15, 0.2) is 0 Å². The van der Waals surface area contributed by atoms with Crippen molar-refractivity contribution in [3.63, 3.8) is 0 Å². The van der Waals surface area contributed by atoms with Crippen molar-refractivity contribution in [1.29, 1.82) is 0 Å². The molecule has 0 aliphatic heterocycles. The van der Waals surface area contributed by atoms with Gasteiger partial charge in [-0.2, -0.15) is 0 Å². The van der Waals surface area contributed by atoms with Gasteiger partial charge in [0.25, 0.3) is 0 Å². The zero-order chi connectivity index (χ0) is 10.9. The topological polar surface area (TPSA) is 12.9 Å². The third-order valence-corrected chi connectivity index (χ3v) is 2.22. The fourth-order valence-electron chi connectivity index (χ4n) is 1.52. The fourth-order valence-corrected chi connectivity index (χ4v) is 1.52. The summed E-state index contributed by atoms with van der Waals surface area (Å²) < 4.78 is 13.0. The monoisotopic (exact) mass is 195 g/mol. The van der Waals surface area contributed by atoms with E-state index in [1.807, 2.05) is 0 Å². The Labute approximate surface area is 85.4 Å². The molecular formula is C12H18FN. The van der Waals surface area contributed by atoms with E-state index in [4.69, 9.17) is 0 Å². The van der Waals surface area contributed by atoms with Crippen LogP contribution in [-0.4, -0.2) is 4.98 Å². The second-order valence-electron chi connectivity index (χ2n) is 5.00. The predicted molar refractivity (Wildman–Crippen MR) is 57.0 cm³/mol. The normalized spacial score (nSPS) is 12.2. The van der Waals surface area contributed by atoms with Gasteiger partial charge in [0.2, 0.25) is 0 Å². The molecule has 0 aliphatic rings. The summed E-state index contributed by atoms with van der Waals surface area (Å²) in [5.74, 6) is 0.0640. The van der Waals surface area contributed by atoms with E-state index in [2.05, 4.69) is 39.6 Å². The van der Waals surface area contributed by atoms with E-state index in [0.29, 0.717) is 5.92 Å². The van der Waals surface area contributed by atoms with Crippen LogP contribution in [0, 0.1) is 5.82 Å². The summed E-state index contributed by atoms with van der Waals surface area (Å²) in [6.07, 6.45) is 1.30. The van der Waals surface area contributed by atoms with Crippen LogP contribution >= 0.6 is 0 Å². The van der Waals surface area contributed by atoms with Gasteiger partial charge in [0.05, 0.1) is 6.20 Å². The largest absolute Gasteiger partial charge is 0.257 e. The van der Waals surface area contributed by atoms with Crippen LogP contribution in [0.1, 0.15) is 51.8 Å². The average Bonchev–Trinajstić information content (AvgIpc) is 2.01. The molecule has 0 saturated heterocycles. The second kappa shape index (κ2) is 3.68. The zero-order valence-electron chi connectivity index (χ0n) is 9.56. The van der Waals surface area contributed by atoms with Crippen molar-refractivity contribution in [3.8, 4) is 0 Å². The van der Waals surface area contributed by atoms with Crippen LogP contribution in [0.5, 0.6) is 0 Å². The Balaban J connectivity index is 3.29.